The zero-order valence-corrected chi connectivity index (χ0v) is 4.35. The van der Waals surface area contributed by atoms with Gasteiger partial charge in [-0.15, -0.1) is 0 Å². The SMILES string of the molecule is [CH2]CC(N)CC=N. The lowest BCUT2D eigenvalue weighted by Crippen LogP contribution is -2.18. The van der Waals surface area contributed by atoms with Crippen molar-refractivity contribution in [3.8, 4) is 0 Å². The fourth-order valence-corrected chi connectivity index (χ4v) is 0.269. The lowest BCUT2D eigenvalue weighted by molar-refractivity contribution is 0.714. The van der Waals surface area contributed by atoms with Crippen LogP contribution < -0.4 is 5.73 Å². The van der Waals surface area contributed by atoms with E-state index in [1.54, 1.807) is 0 Å². The molecule has 7 heavy (non-hydrogen) atoms. The average molecular weight is 99.2 g/mol. The maximum atomic E-state index is 6.60. The summed E-state index contributed by atoms with van der Waals surface area (Å²) in [5.41, 5.74) is 5.37. The van der Waals surface area contributed by atoms with E-state index < -0.39 is 0 Å². The summed E-state index contributed by atoms with van der Waals surface area (Å²) in [5.74, 6) is 0. The van der Waals surface area contributed by atoms with Crippen molar-refractivity contribution in [3.63, 3.8) is 0 Å². The summed E-state index contributed by atoms with van der Waals surface area (Å²) < 4.78 is 0. The molecule has 0 bridgehead atoms. The summed E-state index contributed by atoms with van der Waals surface area (Å²) in [6.45, 7) is 3.58. The van der Waals surface area contributed by atoms with Crippen molar-refractivity contribution < 1.29 is 0 Å². The van der Waals surface area contributed by atoms with Crippen molar-refractivity contribution in [2.24, 2.45) is 5.73 Å². The Bertz CT molecular complexity index is 52.0. The second kappa shape index (κ2) is 3.81. The number of hydrogen-bond donors (Lipinski definition) is 2. The molecule has 0 aliphatic carbocycles. The molecule has 0 spiro atoms. The van der Waals surface area contributed by atoms with Crippen LogP contribution in [0.3, 0.4) is 0 Å². The van der Waals surface area contributed by atoms with Crippen molar-refractivity contribution in [1.82, 2.24) is 0 Å². The molecular formula is C5H11N2. The van der Waals surface area contributed by atoms with E-state index in [2.05, 4.69) is 6.92 Å². The summed E-state index contributed by atoms with van der Waals surface area (Å²) in [6.07, 6.45) is 2.69. The minimum Gasteiger partial charge on any atom is -0.327 e. The molecule has 1 unspecified atom stereocenters. The van der Waals surface area contributed by atoms with Crippen LogP contribution in [0.1, 0.15) is 12.8 Å². The van der Waals surface area contributed by atoms with Gasteiger partial charge >= 0.3 is 0 Å². The van der Waals surface area contributed by atoms with E-state index in [4.69, 9.17) is 11.1 Å². The standard InChI is InChI=1S/C5H11N2/c1-2-5(7)3-4-6/h4-6H,1-3,7H2. The van der Waals surface area contributed by atoms with Crippen molar-refractivity contribution in [2.75, 3.05) is 0 Å². The third-order valence-electron chi connectivity index (χ3n) is 0.791. The quantitative estimate of drug-likeness (QED) is 0.499. The Kier molecular flexibility index (Phi) is 3.61. The first kappa shape index (κ1) is 6.63. The Labute approximate surface area is 44.2 Å². The van der Waals surface area contributed by atoms with Gasteiger partial charge in [0.05, 0.1) is 0 Å². The monoisotopic (exact) mass is 99.1 g/mol. The van der Waals surface area contributed by atoms with Crippen LogP contribution in [0.2, 0.25) is 0 Å². The van der Waals surface area contributed by atoms with Crippen LogP contribution in [0.5, 0.6) is 0 Å². The molecule has 1 radical (unpaired) electrons. The van der Waals surface area contributed by atoms with Gasteiger partial charge in [0, 0.05) is 6.04 Å². The summed E-state index contributed by atoms with van der Waals surface area (Å²) in [6, 6.07) is 0.0949. The van der Waals surface area contributed by atoms with Gasteiger partial charge in [0.25, 0.3) is 0 Å². The maximum Gasteiger partial charge on any atom is 0.00881 e. The topological polar surface area (TPSA) is 49.9 Å². The first-order chi connectivity index (χ1) is 3.31. The summed E-state index contributed by atoms with van der Waals surface area (Å²) in [7, 11) is 0. The molecule has 0 aromatic heterocycles. The van der Waals surface area contributed by atoms with Crippen molar-refractivity contribution in [2.45, 2.75) is 18.9 Å². The predicted octanol–water partition coefficient (Wildman–Crippen LogP) is 0.578. The van der Waals surface area contributed by atoms with E-state index in [1.807, 2.05) is 0 Å². The minimum absolute atomic E-state index is 0.0949. The zero-order chi connectivity index (χ0) is 5.70. The summed E-state index contributed by atoms with van der Waals surface area (Å²) in [4.78, 5) is 0. The summed E-state index contributed by atoms with van der Waals surface area (Å²) in [5, 5.41) is 6.60. The highest BCUT2D eigenvalue weighted by molar-refractivity contribution is 5.53. The first-order valence-electron chi connectivity index (χ1n) is 2.35. The largest absolute Gasteiger partial charge is 0.327 e. The van der Waals surface area contributed by atoms with Crippen LogP contribution >= 0.6 is 0 Å². The molecule has 0 aliphatic heterocycles. The Balaban J connectivity index is 2.98. The lowest BCUT2D eigenvalue weighted by atomic mass is 10.2. The molecule has 0 aromatic carbocycles. The van der Waals surface area contributed by atoms with Crippen LogP contribution in [0, 0.1) is 12.3 Å². The Hall–Kier alpha value is -0.370. The minimum atomic E-state index is 0.0949. The van der Waals surface area contributed by atoms with E-state index in [0.717, 1.165) is 6.42 Å². The Morgan fingerprint density at radius 2 is 2.43 bits per heavy atom. The van der Waals surface area contributed by atoms with Crippen molar-refractivity contribution in [3.05, 3.63) is 6.92 Å². The van der Waals surface area contributed by atoms with Gasteiger partial charge in [0.1, 0.15) is 0 Å². The second-order valence-corrected chi connectivity index (χ2v) is 1.49. The van der Waals surface area contributed by atoms with Crippen LogP contribution in [0.15, 0.2) is 0 Å². The maximum absolute atomic E-state index is 6.60. The molecule has 41 valence electrons. The molecule has 1 atom stereocenters. The van der Waals surface area contributed by atoms with E-state index >= 15 is 0 Å². The van der Waals surface area contributed by atoms with Crippen LogP contribution in [-0.4, -0.2) is 12.3 Å². The van der Waals surface area contributed by atoms with Crippen LogP contribution in [-0.2, 0) is 0 Å². The molecule has 3 N–H and O–H groups in total. The molecule has 0 fully saturated rings. The molecule has 0 rings (SSSR count). The Morgan fingerprint density at radius 1 is 1.86 bits per heavy atom. The van der Waals surface area contributed by atoms with Crippen LogP contribution in [0.25, 0.3) is 0 Å². The van der Waals surface area contributed by atoms with Gasteiger partial charge in [-0.1, -0.05) is 6.92 Å². The first-order valence-corrected chi connectivity index (χ1v) is 2.35. The van der Waals surface area contributed by atoms with Gasteiger partial charge in [-0.25, -0.2) is 0 Å². The fourth-order valence-electron chi connectivity index (χ4n) is 0.269. The molecule has 0 saturated carbocycles. The molecule has 0 heterocycles. The summed E-state index contributed by atoms with van der Waals surface area (Å²) >= 11 is 0. The van der Waals surface area contributed by atoms with Crippen molar-refractivity contribution in [1.29, 1.82) is 5.41 Å². The third-order valence-corrected chi connectivity index (χ3v) is 0.791. The normalized spacial score (nSPS) is 13.4. The molecule has 0 amide bonds. The predicted molar refractivity (Wildman–Crippen MR) is 31.4 cm³/mol. The molecule has 0 aliphatic rings. The zero-order valence-electron chi connectivity index (χ0n) is 4.35. The smallest absolute Gasteiger partial charge is 0.00881 e. The van der Waals surface area contributed by atoms with Crippen LogP contribution in [0.4, 0.5) is 0 Å². The molecule has 2 nitrogen and oxygen atoms in total. The molecule has 2 heteroatoms. The van der Waals surface area contributed by atoms with E-state index in [9.17, 15) is 0 Å². The number of hydrogen-bond acceptors (Lipinski definition) is 2. The van der Waals surface area contributed by atoms with Gasteiger partial charge in [-0.3, -0.25) is 0 Å². The van der Waals surface area contributed by atoms with Gasteiger partial charge in [-0.05, 0) is 19.1 Å². The second-order valence-electron chi connectivity index (χ2n) is 1.49. The number of nitrogens with two attached hydrogens (primary N) is 1. The Morgan fingerprint density at radius 3 is 2.57 bits per heavy atom. The van der Waals surface area contributed by atoms with E-state index in [0.29, 0.717) is 6.42 Å². The van der Waals surface area contributed by atoms with Gasteiger partial charge in [-0.2, -0.15) is 0 Å². The highest BCUT2D eigenvalue weighted by Gasteiger charge is 1.91. The molecule has 0 saturated heterocycles. The number of rotatable bonds is 3. The van der Waals surface area contributed by atoms with Crippen molar-refractivity contribution >= 4 is 6.21 Å². The van der Waals surface area contributed by atoms with E-state index in [1.165, 1.54) is 6.21 Å². The fraction of sp³-hybridized carbons (Fsp3) is 0.600. The van der Waals surface area contributed by atoms with Gasteiger partial charge < -0.3 is 11.1 Å². The molecule has 0 aromatic rings. The average Bonchev–Trinajstić information content (AvgIpc) is 1.68. The highest BCUT2D eigenvalue weighted by atomic mass is 14.6. The lowest BCUT2D eigenvalue weighted by Gasteiger charge is -1.99. The highest BCUT2D eigenvalue weighted by Crippen LogP contribution is 1.86. The molecular weight excluding hydrogens is 88.1 g/mol. The van der Waals surface area contributed by atoms with Gasteiger partial charge in [0.15, 0.2) is 0 Å². The number of nitrogens with one attached hydrogen (secondary N) is 1. The van der Waals surface area contributed by atoms with Gasteiger partial charge in [0.2, 0.25) is 0 Å². The van der Waals surface area contributed by atoms with E-state index in [-0.39, 0.29) is 6.04 Å². The third kappa shape index (κ3) is 3.46.